The Morgan fingerprint density at radius 1 is 0.913 bits per heavy atom. The Morgan fingerprint density at radius 3 is 1.91 bits per heavy atom. The van der Waals surface area contributed by atoms with Gasteiger partial charge in [-0.1, -0.05) is 25.6 Å². The fourth-order valence-corrected chi connectivity index (χ4v) is 1.21. The van der Waals surface area contributed by atoms with Crippen LogP contribution in [0.5, 0.6) is 0 Å². The van der Waals surface area contributed by atoms with Crippen molar-refractivity contribution in [2.75, 3.05) is 19.8 Å². The lowest BCUT2D eigenvalue weighted by molar-refractivity contribution is -0.152. The molecule has 0 bridgehead atoms. The first-order valence-electron chi connectivity index (χ1n) is 6.47. The lowest BCUT2D eigenvalue weighted by atomic mass is 10.5. The number of esters is 2. The molecule has 0 unspecified atom stereocenters. The number of hydrogen-bond acceptors (Lipinski definition) is 9. The van der Waals surface area contributed by atoms with Gasteiger partial charge < -0.3 is 18.9 Å². The van der Waals surface area contributed by atoms with Crippen LogP contribution in [0.1, 0.15) is 26.7 Å². The molecule has 0 aromatic rings. The van der Waals surface area contributed by atoms with E-state index in [1.54, 1.807) is 20.1 Å². The Kier molecular flexibility index (Phi) is 11.0. The van der Waals surface area contributed by atoms with E-state index in [9.17, 15) is 19.2 Å². The predicted octanol–water partition coefficient (Wildman–Crippen LogP) is 1.39. The normalized spacial score (nSPS) is 10.5. The molecule has 2 amide bonds. The maximum Gasteiger partial charge on any atom is 0.438 e. The topological polar surface area (TPSA) is 130 Å². The molecular weight excluding hydrogens is 332 g/mol. The fraction of sp³-hybridized carbons (Fsp3) is 0.583. The summed E-state index contributed by atoms with van der Waals surface area (Å²) in [5.41, 5.74) is 0. The summed E-state index contributed by atoms with van der Waals surface area (Å²) in [5, 5.41) is 2.04. The first kappa shape index (κ1) is 20.7. The average molecular weight is 350 g/mol. The van der Waals surface area contributed by atoms with Crippen LogP contribution in [0.15, 0.2) is 4.99 Å². The molecule has 0 saturated heterocycles. The van der Waals surface area contributed by atoms with Crippen molar-refractivity contribution in [1.82, 2.24) is 5.32 Å². The van der Waals surface area contributed by atoms with Gasteiger partial charge in [0.1, 0.15) is 0 Å². The maximum atomic E-state index is 11.4. The van der Waals surface area contributed by atoms with Crippen molar-refractivity contribution >= 4 is 41.1 Å². The summed E-state index contributed by atoms with van der Waals surface area (Å²) < 4.78 is 18.1. The SMILES string of the molecule is CCC(=O)OCOC(=O)N=C(NC(=O)OCOC(=O)CC)SC. The van der Waals surface area contributed by atoms with E-state index in [2.05, 4.69) is 29.3 Å². The van der Waals surface area contributed by atoms with Crippen molar-refractivity contribution < 1.29 is 38.1 Å². The number of amides is 2. The van der Waals surface area contributed by atoms with Gasteiger partial charge in [0.25, 0.3) is 0 Å². The summed E-state index contributed by atoms with van der Waals surface area (Å²) in [5.74, 6) is -1.06. The first-order valence-corrected chi connectivity index (χ1v) is 7.69. The summed E-state index contributed by atoms with van der Waals surface area (Å²) in [6.07, 6.45) is -0.187. The number of aliphatic imine (C=N–C) groups is 1. The van der Waals surface area contributed by atoms with Crippen LogP contribution in [0.2, 0.25) is 0 Å². The van der Waals surface area contributed by atoms with E-state index in [1.807, 2.05) is 0 Å². The molecule has 11 heteroatoms. The number of carbonyl (C=O) groups is 4. The van der Waals surface area contributed by atoms with Gasteiger partial charge in [-0.05, 0) is 6.26 Å². The molecule has 10 nitrogen and oxygen atoms in total. The van der Waals surface area contributed by atoms with Crippen molar-refractivity contribution in [1.29, 1.82) is 0 Å². The summed E-state index contributed by atoms with van der Waals surface area (Å²) in [7, 11) is 0. The predicted molar refractivity (Wildman–Crippen MR) is 79.5 cm³/mol. The number of alkyl carbamates (subject to hydrolysis) is 1. The molecule has 0 aliphatic carbocycles. The Balaban J connectivity index is 4.19. The van der Waals surface area contributed by atoms with Crippen LogP contribution in [0.4, 0.5) is 9.59 Å². The number of rotatable bonds is 6. The van der Waals surface area contributed by atoms with Crippen LogP contribution >= 0.6 is 11.8 Å². The number of carbonyl (C=O) groups excluding carboxylic acids is 4. The third-order valence-electron chi connectivity index (χ3n) is 1.98. The Labute approximate surface area is 136 Å². The molecule has 0 aromatic heterocycles. The quantitative estimate of drug-likeness (QED) is 0.327. The molecule has 0 heterocycles. The molecular formula is C12H18N2O8S. The van der Waals surface area contributed by atoms with Crippen LogP contribution in [-0.2, 0) is 28.5 Å². The lowest BCUT2D eigenvalue weighted by Gasteiger charge is -2.08. The van der Waals surface area contributed by atoms with Crippen LogP contribution in [0, 0.1) is 0 Å². The van der Waals surface area contributed by atoms with Crippen molar-refractivity contribution in [2.45, 2.75) is 26.7 Å². The van der Waals surface area contributed by atoms with Gasteiger partial charge in [0.15, 0.2) is 5.17 Å². The molecule has 23 heavy (non-hydrogen) atoms. The molecule has 0 saturated carbocycles. The molecule has 0 aliphatic heterocycles. The third-order valence-corrected chi connectivity index (χ3v) is 2.56. The van der Waals surface area contributed by atoms with Crippen molar-refractivity contribution in [2.24, 2.45) is 4.99 Å². The number of amidine groups is 1. The highest BCUT2D eigenvalue weighted by Crippen LogP contribution is 1.98. The highest BCUT2D eigenvalue weighted by molar-refractivity contribution is 8.13. The molecule has 0 aliphatic rings. The highest BCUT2D eigenvalue weighted by Gasteiger charge is 2.10. The number of ether oxygens (including phenoxy) is 4. The minimum Gasteiger partial charge on any atom is -0.428 e. The third kappa shape index (κ3) is 11.0. The van der Waals surface area contributed by atoms with Crippen LogP contribution in [0.25, 0.3) is 0 Å². The zero-order valence-corrected chi connectivity index (χ0v) is 13.8. The van der Waals surface area contributed by atoms with E-state index in [4.69, 9.17) is 0 Å². The monoisotopic (exact) mass is 350 g/mol. The van der Waals surface area contributed by atoms with E-state index in [0.29, 0.717) is 0 Å². The van der Waals surface area contributed by atoms with Gasteiger partial charge in [-0.25, -0.2) is 9.59 Å². The molecule has 130 valence electrons. The van der Waals surface area contributed by atoms with Crippen LogP contribution in [0.3, 0.4) is 0 Å². The second-order valence-corrected chi connectivity index (χ2v) is 4.36. The van der Waals surface area contributed by atoms with Gasteiger partial charge in [0.05, 0.1) is 0 Å². The van der Waals surface area contributed by atoms with E-state index < -0.39 is 37.7 Å². The Morgan fingerprint density at radius 2 is 1.43 bits per heavy atom. The number of thioether (sulfide) groups is 1. The molecule has 0 rings (SSSR count). The van der Waals surface area contributed by atoms with Gasteiger partial charge >= 0.3 is 24.1 Å². The number of nitrogens with zero attached hydrogens (tertiary/aromatic N) is 1. The van der Waals surface area contributed by atoms with Gasteiger partial charge in [-0.15, -0.1) is 0 Å². The van der Waals surface area contributed by atoms with Crippen molar-refractivity contribution in [3.8, 4) is 0 Å². The van der Waals surface area contributed by atoms with Gasteiger partial charge in [-0.2, -0.15) is 4.99 Å². The zero-order valence-electron chi connectivity index (χ0n) is 12.9. The standard InChI is InChI=1S/C12H18N2O8S/c1-4-8(15)19-6-21-11(17)13-10(23-3)14-12(18)22-7-20-9(16)5-2/h4-7H2,1-3H3,(H,13,14,17,18). The molecule has 0 spiro atoms. The van der Waals surface area contributed by atoms with Gasteiger partial charge in [0.2, 0.25) is 13.6 Å². The average Bonchev–Trinajstić information content (AvgIpc) is 2.53. The molecule has 0 fully saturated rings. The van der Waals surface area contributed by atoms with E-state index in [-0.39, 0.29) is 18.0 Å². The highest BCUT2D eigenvalue weighted by atomic mass is 32.2. The number of nitrogens with one attached hydrogen (secondary N) is 1. The summed E-state index contributed by atoms with van der Waals surface area (Å²) in [4.78, 5) is 47.8. The summed E-state index contributed by atoms with van der Waals surface area (Å²) >= 11 is 0.937. The zero-order chi connectivity index (χ0) is 17.7. The number of hydrogen-bond donors (Lipinski definition) is 1. The van der Waals surface area contributed by atoms with E-state index in [1.165, 1.54) is 0 Å². The van der Waals surface area contributed by atoms with E-state index >= 15 is 0 Å². The minimum absolute atomic E-state index is 0.108. The molecule has 0 radical (unpaired) electrons. The fourth-order valence-electron chi connectivity index (χ4n) is 0.862. The van der Waals surface area contributed by atoms with Gasteiger partial charge in [0, 0.05) is 12.8 Å². The lowest BCUT2D eigenvalue weighted by Crippen LogP contribution is -2.30. The minimum atomic E-state index is -1.06. The van der Waals surface area contributed by atoms with E-state index in [0.717, 1.165) is 11.8 Å². The second kappa shape index (κ2) is 12.3. The van der Waals surface area contributed by atoms with Crippen LogP contribution in [-0.4, -0.2) is 49.1 Å². The molecule has 1 N–H and O–H groups in total. The summed E-state index contributed by atoms with van der Waals surface area (Å²) in [6, 6.07) is 0. The van der Waals surface area contributed by atoms with Crippen molar-refractivity contribution in [3.63, 3.8) is 0 Å². The van der Waals surface area contributed by atoms with Gasteiger partial charge in [-0.3, -0.25) is 14.9 Å². The second-order valence-electron chi connectivity index (χ2n) is 3.56. The Hall–Kier alpha value is -2.30. The Bertz CT molecular complexity index is 466. The van der Waals surface area contributed by atoms with Crippen LogP contribution < -0.4 is 5.32 Å². The smallest absolute Gasteiger partial charge is 0.428 e. The van der Waals surface area contributed by atoms with Crippen molar-refractivity contribution in [3.05, 3.63) is 0 Å². The summed E-state index contributed by atoms with van der Waals surface area (Å²) in [6.45, 7) is 2.04. The molecule has 0 atom stereocenters. The largest absolute Gasteiger partial charge is 0.438 e. The molecule has 0 aromatic carbocycles. The first-order chi connectivity index (χ1) is 10.9. The maximum absolute atomic E-state index is 11.4.